The van der Waals surface area contributed by atoms with E-state index in [-0.39, 0.29) is 0 Å². The van der Waals surface area contributed by atoms with Crippen LogP contribution in [0.1, 0.15) is 16.7 Å². The predicted octanol–water partition coefficient (Wildman–Crippen LogP) is 9.60. The number of rotatable bonds is 3. The lowest BCUT2D eigenvalue weighted by Crippen LogP contribution is -2.01. The monoisotopic (exact) mass is 548 g/mol. The number of fused-ring (bicyclic) bond motifs is 6. The molecule has 8 aromatic rings. The quantitative estimate of drug-likeness (QED) is 0.221. The maximum atomic E-state index is 10.3. The summed E-state index contributed by atoms with van der Waals surface area (Å²) >= 11 is 0. The van der Waals surface area contributed by atoms with Crippen LogP contribution in [0.4, 0.5) is 0 Å². The molecule has 0 aliphatic rings. The zero-order valence-corrected chi connectivity index (χ0v) is 23.4. The van der Waals surface area contributed by atoms with Gasteiger partial charge in [0.2, 0.25) is 0 Å². The number of hydrogen-bond acceptors (Lipinski definition) is 2. The highest BCUT2D eigenvalue weighted by Crippen LogP contribution is 2.39. The van der Waals surface area contributed by atoms with Gasteiger partial charge < -0.3 is 9.13 Å². The molecular weight excluding hydrogens is 524 g/mol. The largest absolute Gasteiger partial charge is 0.309 e. The van der Waals surface area contributed by atoms with Crippen molar-refractivity contribution in [2.75, 3.05) is 0 Å². The Bertz CT molecular complexity index is 2440. The van der Waals surface area contributed by atoms with Gasteiger partial charge in [0.25, 0.3) is 0 Å². The van der Waals surface area contributed by atoms with Crippen LogP contribution in [0.3, 0.4) is 0 Å². The van der Waals surface area contributed by atoms with E-state index in [0.29, 0.717) is 11.1 Å². The Labute approximate surface area is 248 Å². The molecule has 0 fully saturated rings. The summed E-state index contributed by atoms with van der Waals surface area (Å²) in [5, 5.41) is 24.4. The number of para-hydroxylation sites is 3. The van der Waals surface area contributed by atoms with Crippen LogP contribution in [0.2, 0.25) is 0 Å². The fourth-order valence-electron chi connectivity index (χ4n) is 6.57. The second kappa shape index (κ2) is 9.48. The third kappa shape index (κ3) is 3.68. The molecule has 0 radical (unpaired) electrons. The molecule has 0 aliphatic heterocycles. The van der Waals surface area contributed by atoms with E-state index in [9.17, 15) is 10.5 Å². The summed E-state index contributed by atoms with van der Waals surface area (Å²) in [6, 6.07) is 48.4. The molecule has 0 saturated carbocycles. The SMILES string of the molecule is Cc1ccc2c(c1)c1cc(C#N)ccc1n2-c1cccc(-c2cccc(C#N)c2-n2c3ccccc3c3ccccc32)c1. The van der Waals surface area contributed by atoms with Crippen molar-refractivity contribution in [2.45, 2.75) is 6.92 Å². The van der Waals surface area contributed by atoms with Gasteiger partial charge in [-0.25, -0.2) is 0 Å². The van der Waals surface area contributed by atoms with Gasteiger partial charge >= 0.3 is 0 Å². The van der Waals surface area contributed by atoms with Gasteiger partial charge in [-0.3, -0.25) is 0 Å². The van der Waals surface area contributed by atoms with Crippen molar-refractivity contribution >= 4 is 43.6 Å². The van der Waals surface area contributed by atoms with Crippen LogP contribution in [-0.4, -0.2) is 9.13 Å². The maximum absolute atomic E-state index is 10.3. The number of aryl methyl sites for hydroxylation is 1. The molecule has 0 spiro atoms. The molecule has 2 heterocycles. The predicted molar refractivity (Wildman–Crippen MR) is 175 cm³/mol. The highest BCUT2D eigenvalue weighted by atomic mass is 15.0. The van der Waals surface area contributed by atoms with Crippen LogP contribution in [0.25, 0.3) is 66.1 Å². The average molecular weight is 549 g/mol. The van der Waals surface area contributed by atoms with Crippen molar-refractivity contribution in [3.8, 4) is 34.6 Å². The Morgan fingerprint density at radius 2 is 1.16 bits per heavy atom. The molecule has 200 valence electrons. The van der Waals surface area contributed by atoms with E-state index >= 15 is 0 Å². The van der Waals surface area contributed by atoms with Gasteiger partial charge in [0.15, 0.2) is 0 Å². The third-order valence-electron chi connectivity index (χ3n) is 8.43. The van der Waals surface area contributed by atoms with Crippen LogP contribution < -0.4 is 0 Å². The number of nitrogens with zero attached hydrogens (tertiary/aromatic N) is 4. The lowest BCUT2D eigenvalue weighted by Gasteiger charge is -2.17. The fourth-order valence-corrected chi connectivity index (χ4v) is 6.57. The zero-order chi connectivity index (χ0) is 29.1. The van der Waals surface area contributed by atoms with E-state index in [0.717, 1.165) is 66.1 Å². The van der Waals surface area contributed by atoms with E-state index in [2.05, 4.69) is 125 Å². The Kier molecular flexibility index (Phi) is 5.44. The summed E-state index contributed by atoms with van der Waals surface area (Å²) in [7, 11) is 0. The minimum Gasteiger partial charge on any atom is -0.309 e. The van der Waals surface area contributed by atoms with E-state index in [1.807, 2.05) is 30.3 Å². The summed E-state index contributed by atoms with van der Waals surface area (Å²) in [5.41, 5.74) is 10.6. The number of hydrogen-bond donors (Lipinski definition) is 0. The van der Waals surface area contributed by atoms with Gasteiger partial charge in [-0.1, -0.05) is 72.3 Å². The first-order valence-corrected chi connectivity index (χ1v) is 14.2. The summed E-state index contributed by atoms with van der Waals surface area (Å²) in [6.45, 7) is 2.09. The van der Waals surface area contributed by atoms with Crippen LogP contribution in [0.5, 0.6) is 0 Å². The Balaban J connectivity index is 1.42. The first-order valence-electron chi connectivity index (χ1n) is 14.2. The molecule has 0 bridgehead atoms. The highest BCUT2D eigenvalue weighted by Gasteiger charge is 2.19. The Morgan fingerprint density at radius 1 is 0.512 bits per heavy atom. The van der Waals surface area contributed by atoms with Gasteiger partial charge in [0.1, 0.15) is 6.07 Å². The fraction of sp³-hybridized carbons (Fsp3) is 0.0256. The van der Waals surface area contributed by atoms with Crippen LogP contribution >= 0.6 is 0 Å². The van der Waals surface area contributed by atoms with Crippen molar-refractivity contribution in [3.05, 3.63) is 144 Å². The molecule has 0 atom stereocenters. The Morgan fingerprint density at radius 3 is 1.88 bits per heavy atom. The van der Waals surface area contributed by atoms with Gasteiger partial charge in [0.05, 0.1) is 45.0 Å². The molecule has 6 aromatic carbocycles. The molecule has 43 heavy (non-hydrogen) atoms. The number of aromatic nitrogens is 2. The van der Waals surface area contributed by atoms with Crippen molar-refractivity contribution < 1.29 is 0 Å². The third-order valence-corrected chi connectivity index (χ3v) is 8.43. The molecule has 0 unspecified atom stereocenters. The normalized spacial score (nSPS) is 11.3. The smallest absolute Gasteiger partial charge is 0.101 e. The van der Waals surface area contributed by atoms with Crippen molar-refractivity contribution in [2.24, 2.45) is 0 Å². The van der Waals surface area contributed by atoms with Gasteiger partial charge in [0, 0.05) is 32.8 Å². The van der Waals surface area contributed by atoms with Gasteiger partial charge in [-0.15, -0.1) is 0 Å². The summed E-state index contributed by atoms with van der Waals surface area (Å²) in [6.07, 6.45) is 0. The Hall–Kier alpha value is -6.10. The second-order valence-electron chi connectivity index (χ2n) is 10.9. The zero-order valence-electron chi connectivity index (χ0n) is 23.4. The lowest BCUT2D eigenvalue weighted by atomic mass is 9.99. The second-order valence-corrected chi connectivity index (χ2v) is 10.9. The minimum atomic E-state index is 0.616. The molecule has 4 nitrogen and oxygen atoms in total. The van der Waals surface area contributed by atoms with Crippen molar-refractivity contribution in [1.82, 2.24) is 9.13 Å². The number of benzene rings is 6. The van der Waals surface area contributed by atoms with Crippen LogP contribution in [0.15, 0.2) is 127 Å². The minimum absolute atomic E-state index is 0.616. The number of nitriles is 2. The molecule has 0 amide bonds. The maximum Gasteiger partial charge on any atom is 0.101 e. The van der Waals surface area contributed by atoms with E-state index in [4.69, 9.17) is 0 Å². The standard InChI is InChI=1S/C39H24N4/c1-25-16-18-37-33(20-25)34-21-26(23-40)17-19-38(34)42(37)29-10-6-8-27(22-29)30-13-7-9-28(24-41)39(30)43-35-14-4-2-11-31(35)32-12-3-5-15-36(32)43/h2-22H,1H3. The molecule has 0 aliphatic carbocycles. The van der Waals surface area contributed by atoms with Crippen molar-refractivity contribution in [3.63, 3.8) is 0 Å². The van der Waals surface area contributed by atoms with E-state index in [1.165, 1.54) is 5.56 Å². The average Bonchev–Trinajstić information content (AvgIpc) is 3.56. The first-order chi connectivity index (χ1) is 21.2. The first kappa shape index (κ1) is 24.7. The molecular formula is C39H24N4. The molecule has 0 saturated heterocycles. The van der Waals surface area contributed by atoms with Crippen LogP contribution in [0, 0.1) is 29.6 Å². The topological polar surface area (TPSA) is 57.4 Å². The summed E-state index contributed by atoms with van der Waals surface area (Å²) < 4.78 is 4.50. The van der Waals surface area contributed by atoms with Gasteiger partial charge in [-0.2, -0.15) is 10.5 Å². The molecule has 8 rings (SSSR count). The molecule has 0 N–H and O–H groups in total. The lowest BCUT2D eigenvalue weighted by molar-refractivity contribution is 1.16. The van der Waals surface area contributed by atoms with E-state index < -0.39 is 0 Å². The van der Waals surface area contributed by atoms with Crippen molar-refractivity contribution in [1.29, 1.82) is 10.5 Å². The van der Waals surface area contributed by atoms with E-state index in [1.54, 1.807) is 0 Å². The summed E-state index contributed by atoms with van der Waals surface area (Å²) in [5.74, 6) is 0. The molecule has 4 heteroatoms. The highest BCUT2D eigenvalue weighted by molar-refractivity contribution is 6.11. The van der Waals surface area contributed by atoms with Gasteiger partial charge in [-0.05, 0) is 73.2 Å². The van der Waals surface area contributed by atoms with Crippen LogP contribution in [-0.2, 0) is 0 Å². The summed E-state index contributed by atoms with van der Waals surface area (Å²) in [4.78, 5) is 0. The molecule has 2 aromatic heterocycles.